The van der Waals surface area contributed by atoms with Gasteiger partial charge in [-0.1, -0.05) is 0 Å². The highest BCUT2D eigenvalue weighted by Gasteiger charge is 2.49. The Kier molecular flexibility index (Phi) is 2.37. The molecule has 0 amide bonds. The van der Waals surface area contributed by atoms with Crippen LogP contribution in [0.15, 0.2) is 12.2 Å². The minimum absolute atomic E-state index is 0.812. The van der Waals surface area contributed by atoms with Crippen LogP contribution in [0.1, 0.15) is 20.8 Å². The Bertz CT molecular complexity index is 277. The molecule has 0 saturated carbocycles. The van der Waals surface area contributed by atoms with Crippen molar-refractivity contribution in [1.82, 2.24) is 0 Å². The lowest BCUT2D eigenvalue weighted by Crippen LogP contribution is -2.49. The van der Waals surface area contributed by atoms with Crippen molar-refractivity contribution >= 4 is 11.9 Å². The molecule has 0 bridgehead atoms. The zero-order valence-corrected chi connectivity index (χ0v) is 8.23. The van der Waals surface area contributed by atoms with Gasteiger partial charge in [-0.3, -0.25) is 0 Å². The molecule has 1 N–H and O–H groups in total. The molecule has 5 heteroatoms. The zero-order valence-electron chi connectivity index (χ0n) is 8.23. The standard InChI is InChI=1S/C9H12O5/c1-8(2,3)9(12)13-6(10)4-5-7(11)14-9/h4-5,12H,1-3H3. The SMILES string of the molecule is CC(C)(C)C1(O)OC(=O)C=CC(=O)O1. The number of carbonyl (C=O) groups is 2. The van der Waals surface area contributed by atoms with Crippen molar-refractivity contribution < 1.29 is 24.2 Å². The molecule has 0 aliphatic carbocycles. The monoisotopic (exact) mass is 200 g/mol. The first-order valence-electron chi connectivity index (χ1n) is 4.11. The van der Waals surface area contributed by atoms with Gasteiger partial charge >= 0.3 is 17.9 Å². The first-order valence-corrected chi connectivity index (χ1v) is 4.11. The summed E-state index contributed by atoms with van der Waals surface area (Å²) in [6.07, 6.45) is 1.82. The van der Waals surface area contributed by atoms with Gasteiger partial charge in [0, 0.05) is 12.2 Å². The van der Waals surface area contributed by atoms with E-state index in [1.54, 1.807) is 20.8 Å². The van der Waals surface area contributed by atoms with E-state index in [0.717, 1.165) is 12.2 Å². The van der Waals surface area contributed by atoms with Crippen LogP contribution in [0, 0.1) is 5.41 Å². The molecule has 1 aliphatic rings. The molecule has 0 unspecified atom stereocenters. The second kappa shape index (κ2) is 3.09. The molecule has 0 atom stereocenters. The topological polar surface area (TPSA) is 72.8 Å². The average Bonchev–Trinajstić information content (AvgIpc) is 2.09. The molecule has 78 valence electrons. The molecular weight excluding hydrogens is 188 g/mol. The van der Waals surface area contributed by atoms with Gasteiger partial charge in [0.05, 0.1) is 5.41 Å². The Labute approximate surface area is 81.3 Å². The van der Waals surface area contributed by atoms with E-state index in [2.05, 4.69) is 9.47 Å². The second-order valence-electron chi connectivity index (χ2n) is 4.01. The molecule has 1 rings (SSSR count). The van der Waals surface area contributed by atoms with Gasteiger partial charge in [-0.05, 0) is 20.8 Å². The summed E-state index contributed by atoms with van der Waals surface area (Å²) >= 11 is 0. The van der Waals surface area contributed by atoms with Crippen LogP contribution in [0.5, 0.6) is 0 Å². The summed E-state index contributed by atoms with van der Waals surface area (Å²) in [6, 6.07) is 0. The Morgan fingerprint density at radius 1 is 1.14 bits per heavy atom. The minimum atomic E-state index is -2.22. The first-order chi connectivity index (χ1) is 6.24. The first kappa shape index (κ1) is 10.7. The van der Waals surface area contributed by atoms with E-state index in [9.17, 15) is 14.7 Å². The number of esters is 2. The third kappa shape index (κ3) is 1.93. The van der Waals surface area contributed by atoms with Crippen LogP contribution in [0.3, 0.4) is 0 Å². The van der Waals surface area contributed by atoms with Crippen molar-refractivity contribution in [3.63, 3.8) is 0 Å². The smallest absolute Gasteiger partial charge is 0.378 e. The summed E-state index contributed by atoms with van der Waals surface area (Å²) in [4.78, 5) is 22.0. The molecule has 0 spiro atoms. The van der Waals surface area contributed by atoms with Crippen molar-refractivity contribution in [1.29, 1.82) is 0 Å². The molecule has 0 radical (unpaired) electrons. The van der Waals surface area contributed by atoms with Gasteiger partial charge in [0.15, 0.2) is 0 Å². The van der Waals surface area contributed by atoms with Gasteiger partial charge in [0.25, 0.3) is 0 Å². The lowest BCUT2D eigenvalue weighted by Gasteiger charge is -2.35. The number of cyclic esters (lactones) is 2. The van der Waals surface area contributed by atoms with E-state index >= 15 is 0 Å². The number of carbonyl (C=O) groups excluding carboxylic acids is 2. The number of aliphatic hydroxyl groups is 1. The molecule has 0 fully saturated rings. The van der Waals surface area contributed by atoms with Gasteiger partial charge in [-0.2, -0.15) is 0 Å². The fraction of sp³-hybridized carbons (Fsp3) is 0.556. The molecule has 0 aromatic heterocycles. The number of hydrogen-bond acceptors (Lipinski definition) is 5. The maximum Gasteiger partial charge on any atom is 0.378 e. The van der Waals surface area contributed by atoms with Crippen molar-refractivity contribution in [2.45, 2.75) is 26.7 Å². The normalized spacial score (nSPS) is 21.1. The van der Waals surface area contributed by atoms with Crippen molar-refractivity contribution in [2.24, 2.45) is 5.41 Å². The molecule has 1 heterocycles. The third-order valence-corrected chi connectivity index (χ3v) is 1.78. The summed E-state index contributed by atoms with van der Waals surface area (Å²) in [5, 5.41) is 9.80. The summed E-state index contributed by atoms with van der Waals surface area (Å²) in [5.41, 5.74) is -0.912. The molecule has 0 aromatic rings. The average molecular weight is 200 g/mol. The van der Waals surface area contributed by atoms with Gasteiger partial charge in [-0.25, -0.2) is 9.59 Å². The van der Waals surface area contributed by atoms with Crippen LogP contribution >= 0.6 is 0 Å². The lowest BCUT2D eigenvalue weighted by molar-refractivity contribution is -0.364. The molecule has 0 aromatic carbocycles. The molecule has 5 nitrogen and oxygen atoms in total. The number of rotatable bonds is 0. The molecular formula is C9H12O5. The molecule has 14 heavy (non-hydrogen) atoms. The van der Waals surface area contributed by atoms with Crippen LogP contribution in [-0.2, 0) is 19.1 Å². The van der Waals surface area contributed by atoms with Crippen LogP contribution in [-0.4, -0.2) is 23.0 Å². The molecule has 0 saturated heterocycles. The largest absolute Gasteiger partial charge is 0.394 e. The van der Waals surface area contributed by atoms with Gasteiger partial charge in [-0.15, -0.1) is 0 Å². The van der Waals surface area contributed by atoms with E-state index in [4.69, 9.17) is 0 Å². The zero-order chi connectivity index (χ0) is 11.0. The van der Waals surface area contributed by atoms with E-state index in [0.29, 0.717) is 0 Å². The van der Waals surface area contributed by atoms with Gasteiger partial charge in [0.2, 0.25) is 0 Å². The number of ether oxygens (including phenoxy) is 2. The van der Waals surface area contributed by atoms with Crippen LogP contribution < -0.4 is 0 Å². The van der Waals surface area contributed by atoms with Crippen LogP contribution in [0.2, 0.25) is 0 Å². The summed E-state index contributed by atoms with van der Waals surface area (Å²) < 4.78 is 9.24. The highest BCUT2D eigenvalue weighted by Crippen LogP contribution is 2.33. The summed E-state index contributed by atoms with van der Waals surface area (Å²) in [6.45, 7) is 4.75. The van der Waals surface area contributed by atoms with Crippen LogP contribution in [0.4, 0.5) is 0 Å². The third-order valence-electron chi connectivity index (χ3n) is 1.78. The minimum Gasteiger partial charge on any atom is -0.394 e. The van der Waals surface area contributed by atoms with Gasteiger partial charge in [0.1, 0.15) is 0 Å². The van der Waals surface area contributed by atoms with Gasteiger partial charge < -0.3 is 14.6 Å². The van der Waals surface area contributed by atoms with E-state index < -0.39 is 23.3 Å². The Hall–Kier alpha value is -1.36. The quantitative estimate of drug-likeness (QED) is 0.570. The fourth-order valence-electron chi connectivity index (χ4n) is 0.804. The maximum absolute atomic E-state index is 11.0. The van der Waals surface area contributed by atoms with E-state index in [1.807, 2.05) is 0 Å². The molecule has 1 aliphatic heterocycles. The highest BCUT2D eigenvalue weighted by atomic mass is 16.8. The maximum atomic E-state index is 11.0. The second-order valence-corrected chi connectivity index (χ2v) is 4.01. The Balaban J connectivity index is 3.01. The Morgan fingerprint density at radius 2 is 1.50 bits per heavy atom. The van der Waals surface area contributed by atoms with Crippen LogP contribution in [0.25, 0.3) is 0 Å². The number of hydrogen-bond donors (Lipinski definition) is 1. The summed E-state index contributed by atoms with van der Waals surface area (Å²) in [7, 11) is 0. The van der Waals surface area contributed by atoms with E-state index in [1.165, 1.54) is 0 Å². The van der Waals surface area contributed by atoms with Crippen molar-refractivity contribution in [2.75, 3.05) is 0 Å². The predicted octanol–water partition coefficient (Wildman–Crippen LogP) is 0.335. The van der Waals surface area contributed by atoms with Crippen molar-refractivity contribution in [3.8, 4) is 0 Å². The predicted molar refractivity (Wildman–Crippen MR) is 45.7 cm³/mol. The lowest BCUT2D eigenvalue weighted by atomic mass is 9.93. The summed E-state index contributed by atoms with van der Waals surface area (Å²) in [5.74, 6) is -3.84. The Morgan fingerprint density at radius 3 is 1.79 bits per heavy atom. The highest BCUT2D eigenvalue weighted by molar-refractivity contribution is 5.93. The fourth-order valence-corrected chi connectivity index (χ4v) is 0.804. The van der Waals surface area contributed by atoms with E-state index in [-0.39, 0.29) is 0 Å². The van der Waals surface area contributed by atoms with Crippen molar-refractivity contribution in [3.05, 3.63) is 12.2 Å².